The summed E-state index contributed by atoms with van der Waals surface area (Å²) < 4.78 is 31.9. The van der Waals surface area contributed by atoms with Crippen molar-refractivity contribution in [2.75, 3.05) is 6.61 Å². The summed E-state index contributed by atoms with van der Waals surface area (Å²) in [5.74, 6) is -1.23. The molecule has 1 amide bonds. The summed E-state index contributed by atoms with van der Waals surface area (Å²) in [5.41, 5.74) is 5.43. The number of nitrogens with one attached hydrogen (secondary N) is 1. The second-order valence-corrected chi connectivity index (χ2v) is 14.3. The number of nitrogens with two attached hydrogens (primary N) is 1. The van der Waals surface area contributed by atoms with Crippen LogP contribution in [0.5, 0.6) is 0 Å². The van der Waals surface area contributed by atoms with E-state index in [0.29, 0.717) is 19.4 Å². The van der Waals surface area contributed by atoms with E-state index in [1.54, 1.807) is 0 Å². The first-order valence-electron chi connectivity index (χ1n) is 15.0. The van der Waals surface area contributed by atoms with Crippen LogP contribution < -0.4 is 11.1 Å². The lowest BCUT2D eigenvalue weighted by atomic mass is 9.46. The number of carbonyl (C=O) groups excluding carboxylic acids is 3. The van der Waals surface area contributed by atoms with Gasteiger partial charge in [0.25, 0.3) is 0 Å². The fraction of sp³-hybridized carbons (Fsp3) is 0.833. The van der Waals surface area contributed by atoms with Gasteiger partial charge in [-0.15, -0.1) is 0 Å². The van der Waals surface area contributed by atoms with Gasteiger partial charge in [0.05, 0.1) is 12.1 Å². The first-order chi connectivity index (χ1) is 18.8. The first kappa shape index (κ1) is 26.9. The van der Waals surface area contributed by atoms with E-state index in [1.165, 1.54) is 0 Å². The van der Waals surface area contributed by atoms with E-state index in [-0.39, 0.29) is 59.3 Å². The Bertz CT molecular complexity index is 1230. The largest absolute Gasteiger partial charge is 0.458 e. The molecule has 3 saturated heterocycles. The third-order valence-corrected chi connectivity index (χ3v) is 11.5. The summed E-state index contributed by atoms with van der Waals surface area (Å²) in [7, 11) is 0. The zero-order chi connectivity index (χ0) is 28.7. The molecule has 2 spiro atoms. The first-order valence-corrected chi connectivity index (χ1v) is 15.0. The van der Waals surface area contributed by atoms with E-state index in [2.05, 4.69) is 26.1 Å². The Morgan fingerprint density at radius 3 is 2.42 bits per heavy atom. The van der Waals surface area contributed by atoms with E-state index in [9.17, 15) is 14.4 Å². The monoisotopic (exact) mass is 558 g/mol. The smallest absolute Gasteiger partial charge is 0.334 e. The van der Waals surface area contributed by atoms with Crippen molar-refractivity contribution in [1.29, 1.82) is 0 Å². The van der Waals surface area contributed by atoms with Crippen molar-refractivity contribution < 1.29 is 38.1 Å². The SMILES string of the molecule is CC(C)[C@H](N)C(=O)N[C@H](C(=O)O[C@@H]1[C@@]2(C(C)C)O[C@H]2[C@@H]2O[C@]23[C@]12O[C@H]2C[C@H]1C2=C(CC[C@@]13C)C(=O)OC2)C(C)C. The average molecular weight is 559 g/mol. The van der Waals surface area contributed by atoms with Gasteiger partial charge in [-0.05, 0) is 48.5 Å². The quantitative estimate of drug-likeness (QED) is 0.353. The Labute approximate surface area is 235 Å². The van der Waals surface area contributed by atoms with E-state index in [0.717, 1.165) is 17.6 Å². The maximum absolute atomic E-state index is 13.9. The minimum atomic E-state index is -0.864. The molecule has 10 heteroatoms. The zero-order valence-electron chi connectivity index (χ0n) is 24.4. The lowest BCUT2D eigenvalue weighted by Gasteiger charge is -2.53. The Morgan fingerprint density at radius 2 is 1.77 bits per heavy atom. The van der Waals surface area contributed by atoms with Crippen LogP contribution in [-0.2, 0) is 38.1 Å². The number of rotatable bonds is 7. The molecule has 2 saturated carbocycles. The minimum Gasteiger partial charge on any atom is -0.458 e. The number of hydrogen-bond donors (Lipinski definition) is 2. The molecule has 0 bridgehead atoms. The van der Waals surface area contributed by atoms with Crippen LogP contribution in [0.3, 0.4) is 0 Å². The number of fused-ring (bicyclic) bond motifs is 4. The van der Waals surface area contributed by atoms with Gasteiger partial charge in [0.15, 0.2) is 11.7 Å². The third-order valence-electron chi connectivity index (χ3n) is 11.5. The molecule has 5 fully saturated rings. The Balaban J connectivity index is 1.24. The third kappa shape index (κ3) is 2.96. The molecule has 0 radical (unpaired) electrons. The van der Waals surface area contributed by atoms with Gasteiger partial charge in [-0.3, -0.25) is 4.79 Å². The van der Waals surface area contributed by atoms with E-state index in [4.69, 9.17) is 29.4 Å². The molecule has 4 aliphatic heterocycles. The molecule has 7 aliphatic rings. The van der Waals surface area contributed by atoms with Crippen molar-refractivity contribution in [2.24, 2.45) is 34.8 Å². The summed E-state index contributed by atoms with van der Waals surface area (Å²) in [6.07, 6.45) is 0.861. The Hall–Kier alpha value is -2.01. The molecule has 0 aromatic heterocycles. The fourth-order valence-electron chi connectivity index (χ4n) is 9.08. The number of cyclic esters (lactones) is 1. The highest BCUT2D eigenvalue weighted by Gasteiger charge is 3.01. The zero-order valence-corrected chi connectivity index (χ0v) is 24.4. The normalized spacial score (nSPS) is 46.8. The molecule has 4 heterocycles. The van der Waals surface area contributed by atoms with Crippen LogP contribution in [0.2, 0.25) is 0 Å². The Morgan fingerprint density at radius 1 is 1.05 bits per heavy atom. The standard InChI is InChI=1S/C30H42N2O8/c1-12(2)19(31)23(33)32-20(13(3)4)25(35)37-26-28(14(5)6)21(39-28)22-30(40-22)27(7)9-8-15-16(11-36-24(15)34)17(27)10-18-29(26,30)38-18/h12-14,17-22,26H,8-11,31H2,1-7H3,(H,32,33)/t17-,18-,19-,20-,21-,22-,26+,27-,28-,29+,30+/m0/s1. The molecule has 11 atom stereocenters. The Kier molecular flexibility index (Phi) is 5.43. The molecular weight excluding hydrogens is 516 g/mol. The molecule has 3 N–H and O–H groups in total. The van der Waals surface area contributed by atoms with Gasteiger partial charge in [-0.25, -0.2) is 9.59 Å². The maximum Gasteiger partial charge on any atom is 0.334 e. The van der Waals surface area contributed by atoms with Gasteiger partial charge in [-0.2, -0.15) is 0 Å². The highest BCUT2D eigenvalue weighted by molar-refractivity contribution is 5.92. The molecule has 40 heavy (non-hydrogen) atoms. The van der Waals surface area contributed by atoms with Crippen LogP contribution in [0.4, 0.5) is 0 Å². The summed E-state index contributed by atoms with van der Waals surface area (Å²) >= 11 is 0. The predicted molar refractivity (Wildman–Crippen MR) is 141 cm³/mol. The maximum atomic E-state index is 13.9. The molecule has 3 aliphatic carbocycles. The second-order valence-electron chi connectivity index (χ2n) is 14.3. The van der Waals surface area contributed by atoms with E-state index in [1.807, 2.05) is 27.7 Å². The molecule has 0 unspecified atom stereocenters. The van der Waals surface area contributed by atoms with E-state index >= 15 is 0 Å². The number of esters is 2. The van der Waals surface area contributed by atoms with Gasteiger partial charge >= 0.3 is 11.9 Å². The van der Waals surface area contributed by atoms with E-state index < -0.39 is 41.0 Å². The fourth-order valence-corrected chi connectivity index (χ4v) is 9.08. The highest BCUT2D eigenvalue weighted by Crippen LogP contribution is 2.83. The highest BCUT2D eigenvalue weighted by atomic mass is 16.8. The topological polar surface area (TPSA) is 145 Å². The van der Waals surface area contributed by atoms with Crippen molar-refractivity contribution in [3.8, 4) is 0 Å². The molecule has 0 aromatic rings. The molecular formula is C30H42N2O8. The molecule has 7 rings (SSSR count). The van der Waals surface area contributed by atoms with Crippen molar-refractivity contribution in [3.63, 3.8) is 0 Å². The molecule has 220 valence electrons. The van der Waals surface area contributed by atoms with Crippen molar-refractivity contribution in [2.45, 2.75) is 121 Å². The van der Waals surface area contributed by atoms with Crippen LogP contribution in [0.15, 0.2) is 11.1 Å². The van der Waals surface area contributed by atoms with Crippen LogP contribution in [0, 0.1) is 29.1 Å². The van der Waals surface area contributed by atoms with Crippen LogP contribution in [0.1, 0.15) is 67.7 Å². The lowest BCUT2D eigenvalue weighted by Crippen LogP contribution is -2.70. The van der Waals surface area contributed by atoms with Crippen molar-refractivity contribution in [3.05, 3.63) is 11.1 Å². The lowest BCUT2D eigenvalue weighted by molar-refractivity contribution is -0.173. The molecule has 0 aromatic carbocycles. The van der Waals surface area contributed by atoms with Crippen molar-refractivity contribution in [1.82, 2.24) is 5.32 Å². The summed E-state index contributed by atoms with van der Waals surface area (Å²) in [6, 6.07) is -1.59. The summed E-state index contributed by atoms with van der Waals surface area (Å²) in [5, 5.41) is 2.85. The van der Waals surface area contributed by atoms with Gasteiger partial charge in [0, 0.05) is 11.0 Å². The number of amides is 1. The van der Waals surface area contributed by atoms with Gasteiger partial charge in [-0.1, -0.05) is 48.5 Å². The van der Waals surface area contributed by atoms with Crippen LogP contribution in [-0.4, -0.2) is 77.8 Å². The number of carbonyl (C=O) groups is 3. The van der Waals surface area contributed by atoms with Gasteiger partial charge in [0.1, 0.15) is 36.1 Å². The number of ether oxygens (including phenoxy) is 5. The van der Waals surface area contributed by atoms with Crippen LogP contribution in [0.25, 0.3) is 0 Å². The van der Waals surface area contributed by atoms with Gasteiger partial charge < -0.3 is 34.7 Å². The predicted octanol–water partition coefficient (Wildman–Crippen LogP) is 1.78. The van der Waals surface area contributed by atoms with Crippen LogP contribution >= 0.6 is 0 Å². The summed E-state index contributed by atoms with van der Waals surface area (Å²) in [6.45, 7) is 14.2. The number of epoxide rings is 3. The second kappa shape index (κ2) is 8.08. The average Bonchev–Trinajstić information content (AvgIpc) is 3.80. The van der Waals surface area contributed by atoms with Crippen molar-refractivity contribution >= 4 is 17.8 Å². The summed E-state index contributed by atoms with van der Waals surface area (Å²) in [4.78, 5) is 39.2. The number of hydrogen-bond acceptors (Lipinski definition) is 9. The molecule has 10 nitrogen and oxygen atoms in total. The minimum absolute atomic E-state index is 0.0465. The van der Waals surface area contributed by atoms with Gasteiger partial charge in [0.2, 0.25) is 5.91 Å².